The zero-order valence-electron chi connectivity index (χ0n) is 10.9. The molecule has 1 heterocycles. The molecule has 0 unspecified atom stereocenters. The highest BCUT2D eigenvalue weighted by Gasteiger charge is 2.41. The molecule has 0 atom stereocenters. The van der Waals surface area contributed by atoms with E-state index < -0.39 is 5.96 Å². The molecule has 100 valence electrons. The topological polar surface area (TPSA) is 0 Å². The summed E-state index contributed by atoms with van der Waals surface area (Å²) in [5, 5.41) is 4.96. The van der Waals surface area contributed by atoms with Crippen LogP contribution in [0.2, 0.25) is 0 Å². The molecule has 20 heavy (non-hydrogen) atoms. The molecule has 3 heteroatoms. The molecule has 0 amide bonds. The van der Waals surface area contributed by atoms with Crippen molar-refractivity contribution in [1.82, 2.24) is 0 Å². The van der Waals surface area contributed by atoms with Crippen molar-refractivity contribution in [2.45, 2.75) is 6.16 Å². The predicted octanol–water partition coefficient (Wildman–Crippen LogP) is 5.23. The van der Waals surface area contributed by atoms with E-state index in [0.29, 0.717) is 0 Å². The van der Waals surface area contributed by atoms with Crippen molar-refractivity contribution >= 4 is 43.4 Å². The molecule has 0 spiro atoms. The number of hydrogen-bond acceptors (Lipinski definition) is 1. The van der Waals surface area contributed by atoms with Crippen molar-refractivity contribution in [1.29, 1.82) is 0 Å². The first-order valence-electron chi connectivity index (χ1n) is 6.50. The summed E-state index contributed by atoms with van der Waals surface area (Å²) in [5.41, 5.74) is 0. The maximum Gasteiger partial charge on any atom is 0.154 e. The minimum Gasteiger partial charge on any atom is -0.145 e. The van der Waals surface area contributed by atoms with Crippen molar-refractivity contribution in [3.05, 3.63) is 83.1 Å². The Morgan fingerprint density at radius 1 is 0.750 bits per heavy atom. The first-order chi connectivity index (χ1) is 9.79. The van der Waals surface area contributed by atoms with E-state index in [9.17, 15) is 0 Å². The van der Waals surface area contributed by atoms with Gasteiger partial charge in [-0.05, 0) is 35.7 Å². The SMILES string of the molecule is Br[P+](Cc1cccs1)(c1ccccc1)c1ccccc1. The second-order valence-electron chi connectivity index (χ2n) is 4.63. The Morgan fingerprint density at radius 2 is 1.30 bits per heavy atom. The molecule has 0 aliphatic carbocycles. The van der Waals surface area contributed by atoms with Crippen LogP contribution in [0.4, 0.5) is 0 Å². The number of thiophene rings is 1. The summed E-state index contributed by atoms with van der Waals surface area (Å²) < 4.78 is 0. The van der Waals surface area contributed by atoms with Gasteiger partial charge in [0.25, 0.3) is 0 Å². The molecular formula is C17H15BrPS+. The zero-order valence-corrected chi connectivity index (χ0v) is 14.2. The van der Waals surface area contributed by atoms with Crippen molar-refractivity contribution in [2.24, 2.45) is 0 Å². The van der Waals surface area contributed by atoms with Gasteiger partial charge in [-0.2, -0.15) is 0 Å². The average Bonchev–Trinajstić information content (AvgIpc) is 3.02. The third kappa shape index (κ3) is 2.88. The van der Waals surface area contributed by atoms with Gasteiger partial charge in [0.1, 0.15) is 16.8 Å². The highest BCUT2D eigenvalue weighted by Crippen LogP contribution is 2.66. The van der Waals surface area contributed by atoms with Crippen LogP contribution in [0.3, 0.4) is 0 Å². The van der Waals surface area contributed by atoms with Crippen LogP contribution >= 0.6 is 32.8 Å². The second kappa shape index (κ2) is 6.22. The molecule has 2 aromatic carbocycles. The first kappa shape index (κ1) is 14.0. The fourth-order valence-electron chi connectivity index (χ4n) is 2.28. The summed E-state index contributed by atoms with van der Waals surface area (Å²) in [6.45, 7) is 0. The zero-order chi connectivity index (χ0) is 13.8. The molecule has 0 aliphatic heterocycles. The lowest BCUT2D eigenvalue weighted by Crippen LogP contribution is -2.18. The molecular weight excluding hydrogens is 347 g/mol. The summed E-state index contributed by atoms with van der Waals surface area (Å²) in [6.07, 6.45) is 1.07. The monoisotopic (exact) mass is 361 g/mol. The summed E-state index contributed by atoms with van der Waals surface area (Å²) >= 11 is 5.98. The molecule has 0 bridgehead atoms. The lowest BCUT2D eigenvalue weighted by molar-refractivity contribution is 1.52. The molecule has 0 aliphatic rings. The first-order valence-corrected chi connectivity index (χ1v) is 11.4. The van der Waals surface area contributed by atoms with Crippen LogP contribution in [0.15, 0.2) is 78.2 Å². The Hall–Kier alpha value is -0.950. The van der Waals surface area contributed by atoms with Crippen molar-refractivity contribution in [2.75, 3.05) is 0 Å². The predicted molar refractivity (Wildman–Crippen MR) is 96.0 cm³/mol. The van der Waals surface area contributed by atoms with Gasteiger partial charge in [0, 0.05) is 4.88 Å². The third-order valence-electron chi connectivity index (χ3n) is 3.28. The molecule has 1 aromatic heterocycles. The van der Waals surface area contributed by atoms with Gasteiger partial charge in [-0.25, -0.2) is 0 Å². The molecule has 0 radical (unpaired) electrons. The van der Waals surface area contributed by atoms with Crippen LogP contribution in [0, 0.1) is 0 Å². The van der Waals surface area contributed by atoms with E-state index in [4.69, 9.17) is 0 Å². The second-order valence-corrected chi connectivity index (χ2v) is 12.1. The normalized spacial score (nSPS) is 11.4. The van der Waals surface area contributed by atoms with Gasteiger partial charge in [-0.1, -0.05) is 42.5 Å². The molecule has 0 saturated heterocycles. The Balaban J connectivity index is 2.08. The van der Waals surface area contributed by atoms with E-state index in [1.54, 1.807) is 0 Å². The Labute approximate surface area is 132 Å². The number of benzene rings is 2. The van der Waals surface area contributed by atoms with Crippen LogP contribution in [-0.2, 0) is 6.16 Å². The average molecular weight is 362 g/mol. The quantitative estimate of drug-likeness (QED) is 0.558. The molecule has 3 aromatic rings. The van der Waals surface area contributed by atoms with Gasteiger partial charge in [0.15, 0.2) is 21.5 Å². The van der Waals surface area contributed by atoms with E-state index in [0.717, 1.165) is 6.16 Å². The van der Waals surface area contributed by atoms with Gasteiger partial charge in [0.2, 0.25) is 0 Å². The Bertz CT molecular complexity index is 610. The summed E-state index contributed by atoms with van der Waals surface area (Å²) in [4.78, 5) is 1.43. The molecule has 0 nitrogen and oxygen atoms in total. The van der Waals surface area contributed by atoms with Gasteiger partial charge < -0.3 is 0 Å². The van der Waals surface area contributed by atoms with E-state index >= 15 is 0 Å². The van der Waals surface area contributed by atoms with E-state index in [-0.39, 0.29) is 0 Å². The maximum atomic E-state index is 4.14. The van der Waals surface area contributed by atoms with Crippen molar-refractivity contribution < 1.29 is 0 Å². The van der Waals surface area contributed by atoms with Crippen LogP contribution in [0.1, 0.15) is 4.88 Å². The number of rotatable bonds is 4. The smallest absolute Gasteiger partial charge is 0.145 e. The third-order valence-corrected chi connectivity index (χ3v) is 10.6. The lowest BCUT2D eigenvalue weighted by Gasteiger charge is -2.19. The Morgan fingerprint density at radius 3 is 1.75 bits per heavy atom. The van der Waals surface area contributed by atoms with Crippen LogP contribution in [0.25, 0.3) is 0 Å². The summed E-state index contributed by atoms with van der Waals surface area (Å²) in [6, 6.07) is 26.0. The summed E-state index contributed by atoms with van der Waals surface area (Å²) in [5.74, 6) is -1.54. The maximum absolute atomic E-state index is 4.14. The molecule has 0 saturated carbocycles. The van der Waals surface area contributed by atoms with Crippen molar-refractivity contribution in [3.63, 3.8) is 0 Å². The highest BCUT2D eigenvalue weighted by atomic mass is 79.9. The van der Waals surface area contributed by atoms with Gasteiger partial charge in [0.05, 0.1) is 0 Å². The van der Waals surface area contributed by atoms with Gasteiger partial charge in [-0.15, -0.1) is 11.3 Å². The molecule has 3 rings (SSSR count). The Kier molecular flexibility index (Phi) is 4.35. The molecule has 0 fully saturated rings. The van der Waals surface area contributed by atoms with Crippen LogP contribution in [0.5, 0.6) is 0 Å². The highest BCUT2D eigenvalue weighted by molar-refractivity contribution is 9.43. The fraction of sp³-hybridized carbons (Fsp3) is 0.0588. The van der Waals surface area contributed by atoms with Gasteiger partial charge in [-0.3, -0.25) is 0 Å². The minimum absolute atomic E-state index is 1.07. The standard InChI is InChI=1S/C17H15BrPS/c18-19(14-17-12-7-13-20-17,15-8-3-1-4-9-15)16-10-5-2-6-11-16/h1-13H,14H2/q+1. The minimum atomic E-state index is -1.54. The number of halogens is 1. The fourth-order valence-corrected chi connectivity index (χ4v) is 8.86. The van der Waals surface area contributed by atoms with Crippen LogP contribution < -0.4 is 10.6 Å². The summed E-state index contributed by atoms with van der Waals surface area (Å²) in [7, 11) is 0. The lowest BCUT2D eigenvalue weighted by atomic mass is 10.4. The van der Waals surface area contributed by atoms with E-state index in [1.165, 1.54) is 15.5 Å². The largest absolute Gasteiger partial charge is 0.154 e. The van der Waals surface area contributed by atoms with E-state index in [2.05, 4.69) is 93.7 Å². The van der Waals surface area contributed by atoms with Crippen LogP contribution in [-0.4, -0.2) is 0 Å². The number of hydrogen-bond donors (Lipinski definition) is 0. The van der Waals surface area contributed by atoms with Gasteiger partial charge >= 0.3 is 0 Å². The van der Waals surface area contributed by atoms with E-state index in [1.807, 2.05) is 11.3 Å². The molecule has 0 N–H and O–H groups in total. The van der Waals surface area contributed by atoms with Crippen molar-refractivity contribution in [3.8, 4) is 0 Å².